The number of hydrogen-bond donors (Lipinski definition) is 2. The van der Waals surface area contributed by atoms with Crippen molar-refractivity contribution in [3.8, 4) is 0 Å². The molecule has 2 amide bonds. The lowest BCUT2D eigenvalue weighted by molar-refractivity contribution is 0.0851. The topological polar surface area (TPSA) is 113 Å². The summed E-state index contributed by atoms with van der Waals surface area (Å²) < 4.78 is 19.9. The van der Waals surface area contributed by atoms with Crippen LogP contribution >= 0.6 is 24.0 Å². The number of cyclic esters (lactones) is 1. The van der Waals surface area contributed by atoms with Crippen molar-refractivity contribution < 1.29 is 18.7 Å². The number of nitrogens with two attached hydrogens (primary N) is 1. The van der Waals surface area contributed by atoms with Gasteiger partial charge in [-0.2, -0.15) is 5.10 Å². The number of rotatable bonds is 6. The molecule has 0 saturated carbocycles. The van der Waals surface area contributed by atoms with Crippen molar-refractivity contribution in [2.45, 2.75) is 13.0 Å². The lowest BCUT2D eigenvalue weighted by Crippen LogP contribution is -2.37. The van der Waals surface area contributed by atoms with Gasteiger partial charge >= 0.3 is 6.09 Å². The fourth-order valence-corrected chi connectivity index (χ4v) is 3.33. The molecule has 2 rings (SSSR count). The second-order valence-corrected chi connectivity index (χ2v) is 7.02. The van der Waals surface area contributed by atoms with E-state index in [0.717, 1.165) is 6.07 Å². The average molecular weight is 441 g/mol. The summed E-state index contributed by atoms with van der Waals surface area (Å²) >= 11 is 5.91. The van der Waals surface area contributed by atoms with Crippen molar-refractivity contribution in [2.75, 3.05) is 30.8 Å². The first-order valence-corrected chi connectivity index (χ1v) is 10.2. The normalized spacial score (nSPS) is 16.4. The minimum absolute atomic E-state index is 0.0914. The van der Waals surface area contributed by atoms with Gasteiger partial charge < -0.3 is 15.8 Å². The fourth-order valence-electron chi connectivity index (χ4n) is 2.68. The Balaban J connectivity index is 2.20. The van der Waals surface area contributed by atoms with Crippen molar-refractivity contribution in [3.05, 3.63) is 29.6 Å². The number of carbonyl (C=O) groups is 2. The first-order chi connectivity index (χ1) is 13.8. The predicted octanol–water partition coefficient (Wildman–Crippen LogP) is 1.78. The maximum atomic E-state index is 14.7. The molecule has 12 heteroatoms. The van der Waals surface area contributed by atoms with Gasteiger partial charge in [0.1, 0.15) is 11.9 Å². The smallest absolute Gasteiger partial charge is 0.414 e. The highest BCUT2D eigenvalue weighted by atomic mass is 32.2. The summed E-state index contributed by atoms with van der Waals surface area (Å²) in [5.74, 6) is -1.34. The number of benzene rings is 1. The van der Waals surface area contributed by atoms with Gasteiger partial charge in [-0.25, -0.2) is 9.18 Å². The molecule has 0 aromatic heterocycles. The summed E-state index contributed by atoms with van der Waals surface area (Å²) in [6.45, 7) is 5.72. The molecule has 3 N–H and O–H groups in total. The molecule has 0 unspecified atom stereocenters. The fraction of sp³-hybridized carbons (Fsp3) is 0.353. The third-order valence-corrected chi connectivity index (χ3v) is 4.82. The van der Waals surface area contributed by atoms with Gasteiger partial charge in [-0.15, -0.1) is 5.10 Å². The van der Waals surface area contributed by atoms with Crippen LogP contribution in [0.3, 0.4) is 0 Å². The van der Waals surface area contributed by atoms with Crippen molar-refractivity contribution in [2.24, 2.45) is 15.9 Å². The van der Waals surface area contributed by atoms with E-state index in [1.165, 1.54) is 33.7 Å². The number of halogens is 1. The second kappa shape index (κ2) is 10.2. The van der Waals surface area contributed by atoms with Crippen LogP contribution in [-0.2, 0) is 4.74 Å². The van der Waals surface area contributed by atoms with Crippen LogP contribution in [0.5, 0.6) is 0 Å². The van der Waals surface area contributed by atoms with E-state index in [9.17, 15) is 14.0 Å². The Kier molecular flexibility index (Phi) is 7.91. The van der Waals surface area contributed by atoms with Gasteiger partial charge in [0.05, 0.1) is 24.3 Å². The van der Waals surface area contributed by atoms with Crippen LogP contribution in [0.1, 0.15) is 17.3 Å². The van der Waals surface area contributed by atoms with E-state index in [2.05, 4.69) is 22.2 Å². The molecule has 1 aliphatic rings. The summed E-state index contributed by atoms with van der Waals surface area (Å²) in [7, 11) is 0. The van der Waals surface area contributed by atoms with Crippen molar-refractivity contribution in [1.29, 1.82) is 0 Å². The number of amides is 2. The molecule has 1 saturated heterocycles. The van der Waals surface area contributed by atoms with E-state index < -0.39 is 23.9 Å². The Morgan fingerprint density at radius 3 is 2.86 bits per heavy atom. The van der Waals surface area contributed by atoms with Crippen LogP contribution in [0.2, 0.25) is 0 Å². The number of anilines is 1. The van der Waals surface area contributed by atoms with Gasteiger partial charge in [0.2, 0.25) is 0 Å². The zero-order chi connectivity index (χ0) is 21.6. The number of thioether (sulfide) groups is 1. The molecule has 1 aliphatic heterocycles. The Morgan fingerprint density at radius 1 is 1.59 bits per heavy atom. The molecule has 1 heterocycles. The van der Waals surface area contributed by atoms with Crippen molar-refractivity contribution in [3.63, 3.8) is 0 Å². The molecule has 9 nitrogen and oxygen atoms in total. The zero-order valence-corrected chi connectivity index (χ0v) is 17.6. The lowest BCUT2D eigenvalue weighted by atomic mass is 10.1. The minimum atomic E-state index is -0.768. The predicted molar refractivity (Wildman–Crippen MR) is 116 cm³/mol. The highest BCUT2D eigenvalue weighted by Crippen LogP contribution is 2.25. The van der Waals surface area contributed by atoms with E-state index in [-0.39, 0.29) is 36.0 Å². The monoisotopic (exact) mass is 440 g/mol. The highest BCUT2D eigenvalue weighted by Gasteiger charge is 2.33. The lowest BCUT2D eigenvalue weighted by Gasteiger charge is -2.21. The maximum Gasteiger partial charge on any atom is 0.414 e. The molecule has 0 bridgehead atoms. The molecule has 156 valence electrons. The first kappa shape index (κ1) is 22.6. The number of ether oxygens (including phenoxy) is 1. The van der Waals surface area contributed by atoms with E-state index >= 15 is 0 Å². The van der Waals surface area contributed by atoms with Crippen molar-refractivity contribution in [1.82, 2.24) is 10.2 Å². The zero-order valence-electron chi connectivity index (χ0n) is 15.9. The van der Waals surface area contributed by atoms with Crippen LogP contribution < -0.4 is 16.0 Å². The largest absolute Gasteiger partial charge is 0.442 e. The highest BCUT2D eigenvalue weighted by molar-refractivity contribution is 8.13. The number of nitrogens with one attached hydrogen (secondary N) is 1. The van der Waals surface area contributed by atoms with E-state index in [1.54, 1.807) is 13.2 Å². The SMILES string of the molecule is C=N/N=C(\SC)N(CC)C(=O)c1ccc(N2C[C@H](CNC(N)=S)OC2=O)cc1F. The molecule has 1 atom stereocenters. The van der Waals surface area contributed by atoms with Gasteiger partial charge in [0.15, 0.2) is 10.3 Å². The van der Waals surface area contributed by atoms with Crippen molar-refractivity contribution >= 4 is 58.7 Å². The molecular weight excluding hydrogens is 419 g/mol. The van der Waals surface area contributed by atoms with Crippen LogP contribution in [0.4, 0.5) is 14.9 Å². The molecule has 0 aliphatic carbocycles. The van der Waals surface area contributed by atoms with E-state index in [1.807, 2.05) is 0 Å². The summed E-state index contributed by atoms with van der Waals surface area (Å²) in [5.41, 5.74) is 5.49. The summed E-state index contributed by atoms with van der Waals surface area (Å²) in [4.78, 5) is 27.4. The summed E-state index contributed by atoms with van der Waals surface area (Å²) in [6, 6.07) is 3.92. The van der Waals surface area contributed by atoms with Gasteiger partial charge in [-0.3, -0.25) is 14.6 Å². The summed E-state index contributed by atoms with van der Waals surface area (Å²) in [6.07, 6.45) is 0.610. The molecule has 0 spiro atoms. The minimum Gasteiger partial charge on any atom is -0.442 e. The molecule has 1 aromatic rings. The molecular formula is C17H21FN6O3S2. The Hall–Kier alpha value is -2.73. The number of nitrogens with zero attached hydrogens (tertiary/aromatic N) is 4. The van der Waals surface area contributed by atoms with Crippen LogP contribution in [0, 0.1) is 5.82 Å². The van der Waals surface area contributed by atoms with Crippen LogP contribution in [0.25, 0.3) is 0 Å². The Labute approximate surface area is 177 Å². The third-order valence-electron chi connectivity index (χ3n) is 4.00. The van der Waals surface area contributed by atoms with Gasteiger partial charge in [0, 0.05) is 13.3 Å². The second-order valence-electron chi connectivity index (χ2n) is 5.80. The van der Waals surface area contributed by atoms with E-state index in [4.69, 9.17) is 22.7 Å². The number of thiocarbonyl (C=S) groups is 1. The molecule has 1 fully saturated rings. The Bertz CT molecular complexity index is 850. The number of amidine groups is 1. The number of hydrogen-bond acceptors (Lipinski definition) is 7. The third kappa shape index (κ3) is 5.41. The molecule has 29 heavy (non-hydrogen) atoms. The molecule has 1 aromatic carbocycles. The standard InChI is InChI=1S/C17H21FN6O3S2/c1-4-23(16(29-3)22-20-2)14(25)12-6-5-10(7-13(12)18)24-9-11(27-17(24)26)8-21-15(19)28/h5-7,11H,2,4,8-9H2,1,3H3,(H3,19,21,28)/b22-16-/t11-/m0/s1. The Morgan fingerprint density at radius 2 is 2.31 bits per heavy atom. The van der Waals surface area contributed by atoms with Gasteiger partial charge in [0.25, 0.3) is 5.91 Å². The average Bonchev–Trinajstić information content (AvgIpc) is 3.06. The summed E-state index contributed by atoms with van der Waals surface area (Å²) in [5, 5.41) is 10.3. The quantitative estimate of drug-likeness (QED) is 0.300. The van der Waals surface area contributed by atoms with Gasteiger partial charge in [-0.05, 0) is 43.6 Å². The van der Waals surface area contributed by atoms with Gasteiger partial charge in [-0.1, -0.05) is 11.8 Å². The molecule has 0 radical (unpaired) electrons. The maximum absolute atomic E-state index is 14.7. The van der Waals surface area contributed by atoms with E-state index in [0.29, 0.717) is 5.17 Å². The van der Waals surface area contributed by atoms with Crippen LogP contribution in [-0.4, -0.2) is 65.9 Å². The number of carbonyl (C=O) groups excluding carboxylic acids is 2. The van der Waals surface area contributed by atoms with Crippen LogP contribution in [0.15, 0.2) is 28.4 Å². The first-order valence-electron chi connectivity index (χ1n) is 8.52.